The number of Topliss-reactive ketones (excluding diaryl/α,β-unsaturated/α-hetero) is 1. The van der Waals surface area contributed by atoms with Crippen LogP contribution in [-0.4, -0.2) is 67.8 Å². The van der Waals surface area contributed by atoms with Gasteiger partial charge in [-0.25, -0.2) is 4.99 Å². The van der Waals surface area contributed by atoms with Crippen LogP contribution in [-0.2, 0) is 14.4 Å². The number of nitrogens with two attached hydrogens (primary N) is 1. The number of dihydropyridines is 1. The minimum Gasteiger partial charge on any atom is -0.497 e. The number of hydrogen-bond acceptors (Lipinski definition) is 8. The lowest BCUT2D eigenvalue weighted by Crippen LogP contribution is -2.44. The predicted octanol–water partition coefficient (Wildman–Crippen LogP) is 1.64. The predicted molar refractivity (Wildman–Crippen MR) is 129 cm³/mol. The minimum absolute atomic E-state index is 0.0620. The number of ketones is 1. The Morgan fingerprint density at radius 1 is 1.09 bits per heavy atom. The molecule has 0 saturated carbocycles. The molecule has 0 spiro atoms. The van der Waals surface area contributed by atoms with Crippen LogP contribution in [0.2, 0.25) is 0 Å². The summed E-state index contributed by atoms with van der Waals surface area (Å²) < 4.78 is 10.9. The molecule has 182 valence electrons. The maximum atomic E-state index is 13.2. The summed E-state index contributed by atoms with van der Waals surface area (Å²) in [5, 5.41) is 0. The first kappa shape index (κ1) is 22.9. The SMILES string of the molecule is COc1ccc(C2CC(=O)C3=C(C2)C2C(=O)N=C(N4CCC(C(N)=O)CC4)N=C2N=C3)c(OC)c1. The summed E-state index contributed by atoms with van der Waals surface area (Å²) in [6, 6.07) is 5.54. The number of benzene rings is 1. The van der Waals surface area contributed by atoms with Gasteiger partial charge in [0.25, 0.3) is 5.91 Å². The van der Waals surface area contributed by atoms with Crippen molar-refractivity contribution in [3.63, 3.8) is 0 Å². The molecule has 0 aromatic heterocycles. The first-order valence-corrected chi connectivity index (χ1v) is 11.7. The van der Waals surface area contributed by atoms with E-state index in [0.717, 1.165) is 5.56 Å². The van der Waals surface area contributed by atoms with E-state index in [1.54, 1.807) is 20.3 Å². The van der Waals surface area contributed by atoms with E-state index in [1.807, 2.05) is 17.0 Å². The molecule has 2 N–H and O–H groups in total. The van der Waals surface area contributed by atoms with Crippen molar-refractivity contribution in [3.05, 3.63) is 34.9 Å². The van der Waals surface area contributed by atoms with Crippen LogP contribution in [0.3, 0.4) is 0 Å². The monoisotopic (exact) mass is 477 g/mol. The molecule has 1 aliphatic carbocycles. The molecule has 3 heterocycles. The molecule has 1 aromatic carbocycles. The van der Waals surface area contributed by atoms with Gasteiger partial charge in [0.15, 0.2) is 5.78 Å². The second kappa shape index (κ2) is 9.09. The number of carbonyl (C=O) groups excluding carboxylic acids is 3. The van der Waals surface area contributed by atoms with Gasteiger partial charge in [0.05, 0.1) is 14.2 Å². The van der Waals surface area contributed by atoms with Crippen molar-refractivity contribution in [1.82, 2.24) is 4.90 Å². The number of aliphatic imine (C=N–C) groups is 3. The number of likely N-dealkylation sites (tertiary alicyclic amines) is 1. The lowest BCUT2D eigenvalue weighted by molar-refractivity contribution is -0.123. The number of carbonyl (C=O) groups is 3. The number of ether oxygens (including phenoxy) is 2. The van der Waals surface area contributed by atoms with Gasteiger partial charge in [-0.15, -0.1) is 0 Å². The highest BCUT2D eigenvalue weighted by Gasteiger charge is 2.42. The number of piperidine rings is 1. The molecule has 0 bridgehead atoms. The quantitative estimate of drug-likeness (QED) is 0.700. The normalized spacial score (nSPS) is 24.5. The van der Waals surface area contributed by atoms with E-state index in [0.29, 0.717) is 73.2 Å². The van der Waals surface area contributed by atoms with Crippen molar-refractivity contribution >= 4 is 35.6 Å². The summed E-state index contributed by atoms with van der Waals surface area (Å²) in [6.45, 7) is 1.08. The molecule has 5 rings (SSSR count). The Balaban J connectivity index is 1.40. The first-order valence-electron chi connectivity index (χ1n) is 11.7. The number of guanidine groups is 1. The van der Waals surface area contributed by atoms with Crippen LogP contribution in [0.4, 0.5) is 0 Å². The van der Waals surface area contributed by atoms with Gasteiger partial charge in [0, 0.05) is 43.3 Å². The number of fused-ring (bicyclic) bond motifs is 2. The molecule has 1 aromatic rings. The molecule has 2 amide bonds. The van der Waals surface area contributed by atoms with Crippen LogP contribution < -0.4 is 15.2 Å². The highest BCUT2D eigenvalue weighted by Crippen LogP contribution is 2.43. The second-order valence-corrected chi connectivity index (χ2v) is 9.15. The van der Waals surface area contributed by atoms with Gasteiger partial charge in [0.1, 0.15) is 23.3 Å². The molecule has 10 nitrogen and oxygen atoms in total. The lowest BCUT2D eigenvalue weighted by atomic mass is 9.73. The number of methoxy groups -OCH3 is 2. The fourth-order valence-corrected chi connectivity index (χ4v) is 5.27. The number of amidine groups is 1. The topological polar surface area (TPSA) is 136 Å². The van der Waals surface area contributed by atoms with Crippen LogP contribution >= 0.6 is 0 Å². The number of allylic oxidation sites excluding steroid dienone is 1. The van der Waals surface area contributed by atoms with E-state index >= 15 is 0 Å². The van der Waals surface area contributed by atoms with Gasteiger partial charge in [0.2, 0.25) is 11.9 Å². The fourth-order valence-electron chi connectivity index (χ4n) is 5.27. The van der Waals surface area contributed by atoms with Gasteiger partial charge in [-0.3, -0.25) is 14.4 Å². The third-order valence-corrected chi connectivity index (χ3v) is 7.21. The van der Waals surface area contributed by atoms with E-state index in [-0.39, 0.29) is 29.4 Å². The molecule has 0 radical (unpaired) electrons. The standard InChI is InChI=1S/C25H27N5O5/c1-34-15-3-4-16(20(11-15)35-2)14-9-17-18(19(31)10-14)12-27-23-21(17)24(33)29-25(28-23)30-7-5-13(6-8-30)22(26)32/h3-4,11-14,21H,5-10H2,1-2H3,(H2,26,32). The molecule has 1 saturated heterocycles. The van der Waals surface area contributed by atoms with E-state index in [4.69, 9.17) is 15.2 Å². The maximum absolute atomic E-state index is 13.2. The molecule has 2 atom stereocenters. The molecule has 4 aliphatic rings. The maximum Gasteiger partial charge on any atom is 0.263 e. The smallest absolute Gasteiger partial charge is 0.263 e. The van der Waals surface area contributed by atoms with Gasteiger partial charge in [-0.05, 0) is 42.4 Å². The van der Waals surface area contributed by atoms with Gasteiger partial charge >= 0.3 is 0 Å². The Morgan fingerprint density at radius 3 is 2.54 bits per heavy atom. The van der Waals surface area contributed by atoms with Gasteiger partial charge in [-0.1, -0.05) is 6.07 Å². The van der Waals surface area contributed by atoms with Gasteiger partial charge < -0.3 is 20.1 Å². The lowest BCUT2D eigenvalue weighted by Gasteiger charge is -2.35. The van der Waals surface area contributed by atoms with Crippen molar-refractivity contribution in [2.24, 2.45) is 32.5 Å². The Hall–Kier alpha value is -3.82. The number of hydrogen-bond donors (Lipinski definition) is 1. The Labute approximate surface area is 202 Å². The van der Waals surface area contributed by atoms with Crippen LogP contribution in [0.5, 0.6) is 11.5 Å². The summed E-state index contributed by atoms with van der Waals surface area (Å²) in [5.74, 6) is 0.126. The zero-order valence-electron chi connectivity index (χ0n) is 19.7. The van der Waals surface area contributed by atoms with E-state index in [1.165, 1.54) is 6.21 Å². The Morgan fingerprint density at radius 2 is 1.86 bits per heavy atom. The number of nitrogens with zero attached hydrogens (tertiary/aromatic N) is 4. The average Bonchev–Trinajstić information content (AvgIpc) is 2.87. The highest BCUT2D eigenvalue weighted by atomic mass is 16.5. The van der Waals surface area contributed by atoms with Crippen molar-refractivity contribution in [3.8, 4) is 11.5 Å². The van der Waals surface area contributed by atoms with Crippen LogP contribution in [0.25, 0.3) is 0 Å². The zero-order valence-corrected chi connectivity index (χ0v) is 19.7. The van der Waals surface area contributed by atoms with Crippen LogP contribution in [0.15, 0.2) is 44.3 Å². The molecular formula is C25H27N5O5. The summed E-state index contributed by atoms with van der Waals surface area (Å²) in [4.78, 5) is 52.9. The average molecular weight is 478 g/mol. The molecule has 1 fully saturated rings. The fraction of sp³-hybridized carbons (Fsp3) is 0.440. The van der Waals surface area contributed by atoms with Crippen molar-refractivity contribution in [2.75, 3.05) is 27.3 Å². The number of rotatable bonds is 4. The second-order valence-electron chi connectivity index (χ2n) is 9.15. The number of primary amides is 1. The molecule has 3 aliphatic heterocycles. The zero-order chi connectivity index (χ0) is 24.7. The van der Waals surface area contributed by atoms with Crippen molar-refractivity contribution in [1.29, 1.82) is 0 Å². The number of amides is 2. The van der Waals surface area contributed by atoms with E-state index < -0.39 is 5.92 Å². The highest BCUT2D eigenvalue weighted by molar-refractivity contribution is 6.26. The van der Waals surface area contributed by atoms with E-state index in [9.17, 15) is 14.4 Å². The summed E-state index contributed by atoms with van der Waals surface area (Å²) >= 11 is 0. The Kier molecular flexibility index (Phi) is 5.96. The van der Waals surface area contributed by atoms with Gasteiger partial charge in [-0.2, -0.15) is 9.98 Å². The largest absolute Gasteiger partial charge is 0.497 e. The third-order valence-electron chi connectivity index (χ3n) is 7.21. The Bertz CT molecular complexity index is 1220. The van der Waals surface area contributed by atoms with Crippen LogP contribution in [0.1, 0.15) is 37.2 Å². The van der Waals surface area contributed by atoms with Crippen molar-refractivity contribution < 1.29 is 23.9 Å². The molecule has 10 heteroatoms. The molecular weight excluding hydrogens is 450 g/mol. The van der Waals surface area contributed by atoms with Crippen LogP contribution in [0, 0.1) is 11.8 Å². The summed E-state index contributed by atoms with van der Waals surface area (Å²) in [7, 11) is 3.17. The summed E-state index contributed by atoms with van der Waals surface area (Å²) in [6.07, 6.45) is 3.51. The first-order chi connectivity index (χ1) is 16.9. The molecule has 2 unspecified atom stereocenters. The molecule has 35 heavy (non-hydrogen) atoms. The van der Waals surface area contributed by atoms with E-state index in [2.05, 4.69) is 15.0 Å². The summed E-state index contributed by atoms with van der Waals surface area (Å²) in [5.41, 5.74) is 7.50. The van der Waals surface area contributed by atoms with Crippen molar-refractivity contribution in [2.45, 2.75) is 31.6 Å². The third kappa shape index (κ3) is 4.13. The minimum atomic E-state index is -0.766.